The van der Waals surface area contributed by atoms with Crippen LogP contribution in [-0.2, 0) is 28.8 Å². The first-order valence-corrected chi connectivity index (χ1v) is 8.57. The lowest BCUT2D eigenvalue weighted by Gasteiger charge is -2.20. The molecule has 158 valence electrons. The largest absolute Gasteiger partial charge is 0.481 e. The molecule has 3 atom stereocenters. The highest BCUT2D eigenvalue weighted by Gasteiger charge is 2.26. The van der Waals surface area contributed by atoms with Crippen LogP contribution in [0, 0.1) is 0 Å². The third-order valence-electron chi connectivity index (χ3n) is 3.28. The molecule has 0 aromatic rings. The van der Waals surface area contributed by atoms with E-state index in [0.29, 0.717) is 0 Å². The van der Waals surface area contributed by atoms with Crippen molar-refractivity contribution >= 4 is 48.2 Å². The lowest BCUT2D eigenvalue weighted by Crippen LogP contribution is -2.54. The van der Waals surface area contributed by atoms with Gasteiger partial charge in [-0.2, -0.15) is 12.6 Å². The average molecular weight is 421 g/mol. The Hall–Kier alpha value is -2.87. The highest BCUT2D eigenvalue weighted by atomic mass is 32.1. The van der Waals surface area contributed by atoms with Crippen molar-refractivity contribution in [3.8, 4) is 0 Å². The maximum Gasteiger partial charge on any atom is 0.327 e. The van der Waals surface area contributed by atoms with Crippen molar-refractivity contribution in [2.24, 2.45) is 11.5 Å². The van der Waals surface area contributed by atoms with E-state index in [1.54, 1.807) is 0 Å². The molecule has 0 fully saturated rings. The molecule has 0 saturated heterocycles. The molecule has 0 spiro atoms. The fraction of sp³-hybridized carbons (Fsp3) is 0.571. The molecule has 0 heterocycles. The summed E-state index contributed by atoms with van der Waals surface area (Å²) in [6, 6.07) is -3.96. The number of carboxylic acids is 2. The van der Waals surface area contributed by atoms with E-state index in [4.69, 9.17) is 21.7 Å². The fourth-order valence-electron chi connectivity index (χ4n) is 1.85. The van der Waals surface area contributed by atoms with E-state index in [-0.39, 0.29) is 12.2 Å². The number of hydrogen-bond donors (Lipinski definition) is 8. The maximum atomic E-state index is 12.2. The normalized spacial score (nSPS) is 13.5. The lowest BCUT2D eigenvalue weighted by atomic mass is 10.1. The fourth-order valence-corrected chi connectivity index (χ4v) is 2.10. The molecular weight excluding hydrogens is 398 g/mol. The second-order valence-corrected chi connectivity index (χ2v) is 5.99. The van der Waals surface area contributed by atoms with Crippen LogP contribution in [0.25, 0.3) is 0 Å². The lowest BCUT2D eigenvalue weighted by molar-refractivity contribution is -0.142. The number of rotatable bonds is 13. The van der Waals surface area contributed by atoms with Crippen LogP contribution < -0.4 is 27.4 Å². The van der Waals surface area contributed by atoms with Gasteiger partial charge in [0.2, 0.25) is 23.6 Å². The molecule has 4 amide bonds. The Bertz CT molecular complexity index is 629. The topological polar surface area (TPSA) is 231 Å². The molecule has 0 radical (unpaired) electrons. The summed E-state index contributed by atoms with van der Waals surface area (Å²) in [5, 5.41) is 24.1. The Balaban J connectivity index is 4.84. The predicted molar refractivity (Wildman–Crippen MR) is 97.0 cm³/mol. The first kappa shape index (κ1) is 25.1. The number of carbonyl (C=O) groups excluding carboxylic acids is 4. The number of carboxylic acid groups (broad SMARTS) is 2. The summed E-state index contributed by atoms with van der Waals surface area (Å²) in [4.78, 5) is 68.1. The minimum Gasteiger partial charge on any atom is -0.481 e. The van der Waals surface area contributed by atoms with Crippen LogP contribution in [-0.4, -0.2) is 76.2 Å². The Morgan fingerprint density at radius 3 is 2.04 bits per heavy atom. The molecule has 0 aliphatic heterocycles. The van der Waals surface area contributed by atoms with Crippen LogP contribution in [0.1, 0.15) is 19.3 Å². The number of hydrogen-bond acceptors (Lipinski definition) is 8. The van der Waals surface area contributed by atoms with Gasteiger partial charge in [0, 0.05) is 12.2 Å². The van der Waals surface area contributed by atoms with Gasteiger partial charge in [0.25, 0.3) is 0 Å². The molecule has 0 bridgehead atoms. The van der Waals surface area contributed by atoms with Crippen molar-refractivity contribution in [3.63, 3.8) is 0 Å². The van der Waals surface area contributed by atoms with Gasteiger partial charge in [0.15, 0.2) is 0 Å². The quantitative estimate of drug-likeness (QED) is 0.136. The monoisotopic (exact) mass is 421 g/mol. The van der Waals surface area contributed by atoms with E-state index >= 15 is 0 Å². The molecule has 13 nitrogen and oxygen atoms in total. The summed E-state index contributed by atoms with van der Waals surface area (Å²) in [7, 11) is 0. The van der Waals surface area contributed by atoms with E-state index < -0.39 is 73.1 Å². The molecule has 0 aliphatic rings. The molecule has 28 heavy (non-hydrogen) atoms. The molecular formula is C14H23N5O8S. The number of nitrogens with two attached hydrogens (primary N) is 2. The van der Waals surface area contributed by atoms with Gasteiger partial charge in [-0.25, -0.2) is 4.79 Å². The van der Waals surface area contributed by atoms with Crippen LogP contribution in [0.3, 0.4) is 0 Å². The zero-order valence-electron chi connectivity index (χ0n) is 14.7. The smallest absolute Gasteiger partial charge is 0.327 e. The number of aliphatic carboxylic acids is 2. The SMILES string of the molecule is NC(=O)CC(N)C(=O)NCC(=O)NC(CCC(=O)O)C(=O)NC(CS)C(=O)O. The van der Waals surface area contributed by atoms with Crippen LogP contribution in [0.5, 0.6) is 0 Å². The van der Waals surface area contributed by atoms with Crippen LogP contribution in [0.2, 0.25) is 0 Å². The Morgan fingerprint density at radius 1 is 0.964 bits per heavy atom. The maximum absolute atomic E-state index is 12.2. The summed E-state index contributed by atoms with van der Waals surface area (Å²) in [6.07, 6.45) is -1.23. The molecule has 0 rings (SSSR count). The zero-order chi connectivity index (χ0) is 21.9. The number of carbonyl (C=O) groups is 6. The number of thiol groups is 1. The standard InChI is InChI=1S/C14H23N5O8S/c15-6(3-9(16)20)12(24)17-4-10(21)18-7(1-2-11(22)23)13(25)19-8(5-28)14(26)27/h6-8,28H,1-5,15H2,(H2,16,20)(H,17,24)(H,18,21)(H,19,25)(H,22,23)(H,26,27). The minimum atomic E-state index is -1.36. The predicted octanol–water partition coefficient (Wildman–Crippen LogP) is -3.85. The van der Waals surface area contributed by atoms with Gasteiger partial charge in [-0.1, -0.05) is 0 Å². The van der Waals surface area contributed by atoms with Crippen LogP contribution in [0.4, 0.5) is 0 Å². The van der Waals surface area contributed by atoms with Gasteiger partial charge in [-0.05, 0) is 6.42 Å². The number of nitrogens with one attached hydrogen (secondary N) is 3. The summed E-state index contributed by atoms with van der Waals surface area (Å²) in [6.45, 7) is -0.614. The summed E-state index contributed by atoms with van der Waals surface area (Å²) < 4.78 is 0. The van der Waals surface area contributed by atoms with E-state index in [0.717, 1.165) is 0 Å². The van der Waals surface area contributed by atoms with E-state index in [9.17, 15) is 28.8 Å². The second-order valence-electron chi connectivity index (χ2n) is 5.63. The third-order valence-corrected chi connectivity index (χ3v) is 3.64. The average Bonchev–Trinajstić information content (AvgIpc) is 2.59. The van der Waals surface area contributed by atoms with Crippen molar-refractivity contribution in [1.82, 2.24) is 16.0 Å². The van der Waals surface area contributed by atoms with E-state index in [1.165, 1.54) is 0 Å². The molecule has 0 aromatic heterocycles. The van der Waals surface area contributed by atoms with Crippen molar-refractivity contribution in [2.45, 2.75) is 37.4 Å². The molecule has 9 N–H and O–H groups in total. The van der Waals surface area contributed by atoms with Crippen molar-refractivity contribution in [1.29, 1.82) is 0 Å². The van der Waals surface area contributed by atoms with E-state index in [1.807, 2.05) is 0 Å². The summed E-state index contributed by atoms with van der Waals surface area (Å²) in [5.74, 6) is -6.25. The van der Waals surface area contributed by atoms with Gasteiger partial charge in [-0.15, -0.1) is 0 Å². The van der Waals surface area contributed by atoms with Gasteiger partial charge < -0.3 is 37.6 Å². The zero-order valence-corrected chi connectivity index (χ0v) is 15.6. The molecule has 3 unspecified atom stereocenters. The molecule has 14 heteroatoms. The van der Waals surface area contributed by atoms with Gasteiger partial charge in [0.05, 0.1) is 19.0 Å². The highest BCUT2D eigenvalue weighted by Crippen LogP contribution is 2.00. The summed E-state index contributed by atoms with van der Waals surface area (Å²) in [5.41, 5.74) is 10.3. The molecule has 0 saturated carbocycles. The van der Waals surface area contributed by atoms with Gasteiger partial charge in [0.1, 0.15) is 12.1 Å². The number of amides is 4. The van der Waals surface area contributed by atoms with Gasteiger partial charge in [-0.3, -0.25) is 24.0 Å². The third kappa shape index (κ3) is 10.3. The van der Waals surface area contributed by atoms with Crippen molar-refractivity contribution in [3.05, 3.63) is 0 Å². The number of primary amides is 1. The second kappa shape index (κ2) is 12.5. The highest BCUT2D eigenvalue weighted by molar-refractivity contribution is 7.80. The summed E-state index contributed by atoms with van der Waals surface area (Å²) >= 11 is 3.78. The first-order chi connectivity index (χ1) is 13.0. The van der Waals surface area contributed by atoms with Gasteiger partial charge >= 0.3 is 11.9 Å². The van der Waals surface area contributed by atoms with Crippen LogP contribution in [0.15, 0.2) is 0 Å². The Kier molecular flexibility index (Phi) is 11.2. The van der Waals surface area contributed by atoms with Crippen molar-refractivity contribution in [2.75, 3.05) is 12.3 Å². The van der Waals surface area contributed by atoms with Crippen molar-refractivity contribution < 1.29 is 39.0 Å². The first-order valence-electron chi connectivity index (χ1n) is 7.94. The Labute approximate surface area is 165 Å². The molecule has 0 aliphatic carbocycles. The minimum absolute atomic E-state index is 0.228. The van der Waals surface area contributed by atoms with Crippen LogP contribution >= 0.6 is 12.6 Å². The van der Waals surface area contributed by atoms with E-state index in [2.05, 4.69) is 28.6 Å². The molecule has 0 aromatic carbocycles. The Morgan fingerprint density at radius 2 is 1.57 bits per heavy atom.